The number of nitrogens with two attached hydrogens (primary N) is 2. The summed E-state index contributed by atoms with van der Waals surface area (Å²) in [5.74, 6) is -1.42. The van der Waals surface area contributed by atoms with Crippen LogP contribution in [0, 0.1) is 0 Å². The number of fused-ring (bicyclic) bond motifs is 1. The predicted molar refractivity (Wildman–Crippen MR) is 93.9 cm³/mol. The summed E-state index contributed by atoms with van der Waals surface area (Å²) in [6.45, 7) is -0.0942. The Morgan fingerprint density at radius 2 is 2.00 bits per heavy atom. The lowest BCUT2D eigenvalue weighted by atomic mass is 9.99. The molecule has 5 N–H and O–H groups in total. The molecule has 1 aromatic carbocycles. The molecule has 2 aromatic rings. The molecule has 138 valence electrons. The van der Waals surface area contributed by atoms with Crippen molar-refractivity contribution in [2.75, 3.05) is 23.7 Å². The molecule has 0 unspecified atom stereocenters. The minimum Gasteiger partial charge on any atom is -0.438 e. The average Bonchev–Trinajstić information content (AvgIpc) is 3.10. The Labute approximate surface area is 150 Å². The van der Waals surface area contributed by atoms with Gasteiger partial charge in [-0.15, -0.1) is 0 Å². The zero-order valence-electron chi connectivity index (χ0n) is 13.8. The molecule has 0 radical (unpaired) electrons. The molecular formula is C16H18N4O5S. The van der Waals surface area contributed by atoms with E-state index in [1.807, 2.05) is 4.72 Å². The van der Waals surface area contributed by atoms with Crippen molar-refractivity contribution in [3.8, 4) is 0 Å². The number of benzene rings is 1. The van der Waals surface area contributed by atoms with Gasteiger partial charge in [-0.3, -0.25) is 9.59 Å². The van der Waals surface area contributed by atoms with Gasteiger partial charge in [0.05, 0.1) is 6.54 Å². The molecule has 3 rings (SSSR count). The van der Waals surface area contributed by atoms with Gasteiger partial charge in [0.15, 0.2) is 5.76 Å². The first kappa shape index (κ1) is 18.0. The Bertz CT molecular complexity index is 967. The maximum atomic E-state index is 12.8. The minimum absolute atomic E-state index is 0.125. The molecule has 0 atom stereocenters. The van der Waals surface area contributed by atoms with Crippen molar-refractivity contribution in [3.63, 3.8) is 0 Å². The molecule has 1 aliphatic rings. The minimum atomic E-state index is -4.07. The molecule has 2 heterocycles. The van der Waals surface area contributed by atoms with Crippen molar-refractivity contribution < 1.29 is 22.4 Å². The van der Waals surface area contributed by atoms with Gasteiger partial charge in [-0.1, -0.05) is 6.07 Å². The van der Waals surface area contributed by atoms with Crippen LogP contribution in [0.3, 0.4) is 0 Å². The second kappa shape index (κ2) is 6.81. The molecular weight excluding hydrogens is 360 g/mol. The molecule has 1 aromatic heterocycles. The molecule has 0 bridgehead atoms. The van der Waals surface area contributed by atoms with Gasteiger partial charge < -0.3 is 20.8 Å². The molecule has 0 spiro atoms. The number of hydrogen-bond donors (Lipinski definition) is 3. The van der Waals surface area contributed by atoms with Crippen LogP contribution in [0.15, 0.2) is 39.8 Å². The second-order valence-corrected chi connectivity index (χ2v) is 7.51. The standard InChI is InChI=1S/C16H18N4O5S/c17-11-4-1-5-12-10(11)3-2-8-20(12)16(22)13-6-7-15(25-13)26(23,24)19-9-14(18)21/h1,4-7,19H,2-3,8-9,17H2,(H2,18,21). The number of furan rings is 1. The summed E-state index contributed by atoms with van der Waals surface area (Å²) in [7, 11) is -4.07. The monoisotopic (exact) mass is 378 g/mol. The number of rotatable bonds is 5. The highest BCUT2D eigenvalue weighted by molar-refractivity contribution is 7.89. The van der Waals surface area contributed by atoms with Crippen LogP contribution in [0.5, 0.6) is 0 Å². The van der Waals surface area contributed by atoms with E-state index in [1.165, 1.54) is 11.0 Å². The summed E-state index contributed by atoms with van der Waals surface area (Å²) in [5.41, 5.74) is 13.1. The molecule has 0 saturated heterocycles. The SMILES string of the molecule is NC(=O)CNS(=O)(=O)c1ccc(C(=O)N2CCCc3c(N)cccc32)o1. The lowest BCUT2D eigenvalue weighted by Crippen LogP contribution is -2.35. The number of carbonyl (C=O) groups is 2. The topological polar surface area (TPSA) is 149 Å². The molecule has 0 saturated carbocycles. The van der Waals surface area contributed by atoms with E-state index < -0.39 is 33.5 Å². The van der Waals surface area contributed by atoms with Crippen LogP contribution >= 0.6 is 0 Å². The van der Waals surface area contributed by atoms with Crippen molar-refractivity contribution in [2.24, 2.45) is 5.73 Å². The summed E-state index contributed by atoms with van der Waals surface area (Å²) >= 11 is 0. The third-order valence-electron chi connectivity index (χ3n) is 4.03. The third-order valence-corrected chi connectivity index (χ3v) is 5.30. The average molecular weight is 378 g/mol. The molecule has 0 aliphatic carbocycles. The number of nitrogens with zero attached hydrogens (tertiary/aromatic N) is 1. The van der Waals surface area contributed by atoms with Gasteiger partial charge in [0.1, 0.15) is 0 Å². The van der Waals surface area contributed by atoms with E-state index in [0.717, 1.165) is 24.5 Å². The highest BCUT2D eigenvalue weighted by Crippen LogP contribution is 2.32. The first-order valence-corrected chi connectivity index (χ1v) is 9.35. The maximum Gasteiger partial charge on any atom is 0.294 e. The van der Waals surface area contributed by atoms with Crippen LogP contribution in [0.1, 0.15) is 22.5 Å². The van der Waals surface area contributed by atoms with Gasteiger partial charge in [-0.25, -0.2) is 8.42 Å². The summed E-state index contributed by atoms with van der Waals surface area (Å²) in [4.78, 5) is 25.0. The van der Waals surface area contributed by atoms with E-state index in [2.05, 4.69) is 0 Å². The molecule has 0 fully saturated rings. The van der Waals surface area contributed by atoms with Gasteiger partial charge in [0.25, 0.3) is 15.9 Å². The molecule has 1 aliphatic heterocycles. The Morgan fingerprint density at radius 1 is 1.23 bits per heavy atom. The van der Waals surface area contributed by atoms with Crippen molar-refractivity contribution >= 4 is 33.2 Å². The number of carbonyl (C=O) groups excluding carboxylic acids is 2. The van der Waals surface area contributed by atoms with E-state index >= 15 is 0 Å². The van der Waals surface area contributed by atoms with Crippen LogP contribution in [-0.4, -0.2) is 33.3 Å². The van der Waals surface area contributed by atoms with E-state index in [1.54, 1.807) is 18.2 Å². The number of sulfonamides is 1. The molecule has 10 heteroatoms. The number of hydrogen-bond acceptors (Lipinski definition) is 6. The normalized spacial score (nSPS) is 14.1. The van der Waals surface area contributed by atoms with Crippen molar-refractivity contribution in [1.82, 2.24) is 4.72 Å². The quantitative estimate of drug-likeness (QED) is 0.634. The number of nitrogens with one attached hydrogen (secondary N) is 1. The smallest absolute Gasteiger partial charge is 0.294 e. The van der Waals surface area contributed by atoms with Crippen LogP contribution in [0.2, 0.25) is 0 Å². The van der Waals surface area contributed by atoms with Gasteiger partial charge >= 0.3 is 0 Å². The van der Waals surface area contributed by atoms with Crippen molar-refractivity contribution in [1.29, 1.82) is 0 Å². The highest BCUT2D eigenvalue weighted by atomic mass is 32.2. The fourth-order valence-corrected chi connectivity index (χ4v) is 3.73. The molecule has 26 heavy (non-hydrogen) atoms. The Morgan fingerprint density at radius 3 is 2.73 bits per heavy atom. The summed E-state index contributed by atoms with van der Waals surface area (Å²) < 4.78 is 31.3. The Balaban J connectivity index is 1.86. The number of anilines is 2. The first-order valence-electron chi connectivity index (χ1n) is 7.86. The molecule has 9 nitrogen and oxygen atoms in total. The third kappa shape index (κ3) is 3.41. The summed E-state index contributed by atoms with van der Waals surface area (Å²) in [6.07, 6.45) is 1.50. The van der Waals surface area contributed by atoms with Crippen molar-refractivity contribution in [3.05, 3.63) is 41.7 Å². The van der Waals surface area contributed by atoms with Crippen LogP contribution in [0.4, 0.5) is 11.4 Å². The fourth-order valence-electron chi connectivity index (χ4n) is 2.81. The Kier molecular flexibility index (Phi) is 4.70. The number of primary amides is 1. The van der Waals surface area contributed by atoms with E-state index in [4.69, 9.17) is 15.9 Å². The van der Waals surface area contributed by atoms with E-state index in [9.17, 15) is 18.0 Å². The van der Waals surface area contributed by atoms with E-state index in [0.29, 0.717) is 17.9 Å². The number of amides is 2. The largest absolute Gasteiger partial charge is 0.438 e. The van der Waals surface area contributed by atoms with Gasteiger partial charge in [0.2, 0.25) is 11.0 Å². The van der Waals surface area contributed by atoms with Gasteiger partial charge in [-0.05, 0) is 42.7 Å². The Hall–Kier alpha value is -2.85. The lowest BCUT2D eigenvalue weighted by Gasteiger charge is -2.29. The van der Waals surface area contributed by atoms with E-state index in [-0.39, 0.29) is 5.76 Å². The van der Waals surface area contributed by atoms with Gasteiger partial charge in [-0.2, -0.15) is 4.72 Å². The fraction of sp³-hybridized carbons (Fsp3) is 0.250. The molecule has 2 amide bonds. The van der Waals surface area contributed by atoms with Crippen LogP contribution < -0.4 is 21.1 Å². The summed E-state index contributed by atoms with van der Waals surface area (Å²) in [5, 5.41) is -0.466. The zero-order valence-corrected chi connectivity index (χ0v) is 14.6. The summed E-state index contributed by atoms with van der Waals surface area (Å²) in [6, 6.07) is 7.75. The zero-order chi connectivity index (χ0) is 18.9. The maximum absolute atomic E-state index is 12.8. The van der Waals surface area contributed by atoms with Crippen LogP contribution in [-0.2, 0) is 21.2 Å². The van der Waals surface area contributed by atoms with Crippen LogP contribution in [0.25, 0.3) is 0 Å². The number of nitrogen functional groups attached to an aromatic ring is 1. The second-order valence-electron chi connectivity index (χ2n) is 5.81. The van der Waals surface area contributed by atoms with Gasteiger partial charge in [0, 0.05) is 17.9 Å². The lowest BCUT2D eigenvalue weighted by molar-refractivity contribution is -0.116. The highest BCUT2D eigenvalue weighted by Gasteiger charge is 2.28. The van der Waals surface area contributed by atoms with Crippen molar-refractivity contribution in [2.45, 2.75) is 17.9 Å². The predicted octanol–water partition coefficient (Wildman–Crippen LogP) is 0.218. The first-order chi connectivity index (χ1) is 12.3.